The highest BCUT2D eigenvalue weighted by Crippen LogP contribution is 2.34. The van der Waals surface area contributed by atoms with Crippen LogP contribution in [0.1, 0.15) is 19.3 Å². The summed E-state index contributed by atoms with van der Waals surface area (Å²) in [4.78, 5) is 0. The number of nitrogen functional groups attached to an aromatic ring is 1. The molecule has 2 rings (SSSR count). The van der Waals surface area contributed by atoms with Gasteiger partial charge in [0.15, 0.2) is 0 Å². The third-order valence-electron chi connectivity index (χ3n) is 3.18. The molecule has 0 aromatic heterocycles. The maximum absolute atomic E-state index is 9.95. The van der Waals surface area contributed by atoms with Crippen molar-refractivity contribution < 1.29 is 9.84 Å². The molecule has 0 unspecified atom stereocenters. The van der Waals surface area contributed by atoms with Crippen molar-refractivity contribution >= 4 is 11.4 Å². The van der Waals surface area contributed by atoms with Crippen LogP contribution in [0.25, 0.3) is 0 Å². The third kappa shape index (κ3) is 2.07. The molecule has 0 radical (unpaired) electrons. The molecular formula is C12H18N2O2. The van der Waals surface area contributed by atoms with E-state index in [-0.39, 0.29) is 0 Å². The van der Waals surface area contributed by atoms with Gasteiger partial charge in [0.05, 0.1) is 24.1 Å². The van der Waals surface area contributed by atoms with Gasteiger partial charge < -0.3 is 20.9 Å². The Hall–Kier alpha value is -1.42. The Morgan fingerprint density at radius 1 is 1.50 bits per heavy atom. The number of nitrogens with two attached hydrogens (primary N) is 1. The summed E-state index contributed by atoms with van der Waals surface area (Å²) in [6, 6.07) is 5.58. The summed E-state index contributed by atoms with van der Waals surface area (Å²) in [7, 11) is 1.59. The van der Waals surface area contributed by atoms with Gasteiger partial charge in [0, 0.05) is 6.54 Å². The fraction of sp³-hybridized carbons (Fsp3) is 0.500. The molecule has 0 saturated heterocycles. The molecule has 1 fully saturated rings. The van der Waals surface area contributed by atoms with Crippen molar-refractivity contribution in [2.45, 2.75) is 24.9 Å². The van der Waals surface area contributed by atoms with Crippen LogP contribution in [-0.2, 0) is 0 Å². The first-order chi connectivity index (χ1) is 7.64. The molecule has 4 nitrogen and oxygen atoms in total. The molecule has 1 saturated carbocycles. The molecule has 0 spiro atoms. The van der Waals surface area contributed by atoms with Gasteiger partial charge in [-0.05, 0) is 31.4 Å². The van der Waals surface area contributed by atoms with Gasteiger partial charge in [0.25, 0.3) is 0 Å². The predicted octanol–water partition coefficient (Wildman–Crippen LogP) is 1.60. The van der Waals surface area contributed by atoms with Crippen LogP contribution in [0.15, 0.2) is 18.2 Å². The second-order valence-corrected chi connectivity index (χ2v) is 4.35. The number of ether oxygens (including phenoxy) is 1. The van der Waals surface area contributed by atoms with Crippen LogP contribution in [-0.4, -0.2) is 24.4 Å². The van der Waals surface area contributed by atoms with Crippen molar-refractivity contribution in [3.8, 4) is 5.75 Å². The van der Waals surface area contributed by atoms with Crippen LogP contribution >= 0.6 is 0 Å². The van der Waals surface area contributed by atoms with Crippen LogP contribution in [0, 0.1) is 0 Å². The minimum Gasteiger partial charge on any atom is -0.495 e. The van der Waals surface area contributed by atoms with E-state index in [2.05, 4.69) is 5.32 Å². The molecule has 4 heteroatoms. The van der Waals surface area contributed by atoms with Crippen molar-refractivity contribution in [3.05, 3.63) is 18.2 Å². The Bertz CT molecular complexity index is 375. The Morgan fingerprint density at radius 3 is 2.81 bits per heavy atom. The molecule has 16 heavy (non-hydrogen) atoms. The standard InChI is InChI=1S/C12H18N2O2/c1-16-10-5-2-4-9(11(10)13)14-8-12(15)6-3-7-12/h2,4-5,14-15H,3,6-8,13H2,1H3. The lowest BCUT2D eigenvalue weighted by Crippen LogP contribution is -2.43. The van der Waals surface area contributed by atoms with Crippen LogP contribution in [0.2, 0.25) is 0 Å². The highest BCUT2D eigenvalue weighted by molar-refractivity contribution is 5.72. The van der Waals surface area contributed by atoms with E-state index < -0.39 is 5.60 Å². The fourth-order valence-electron chi connectivity index (χ4n) is 1.90. The highest BCUT2D eigenvalue weighted by Gasteiger charge is 2.34. The van der Waals surface area contributed by atoms with Crippen LogP contribution in [0.3, 0.4) is 0 Å². The molecule has 88 valence electrons. The summed E-state index contributed by atoms with van der Waals surface area (Å²) < 4.78 is 5.13. The molecular weight excluding hydrogens is 204 g/mol. The van der Waals surface area contributed by atoms with E-state index in [4.69, 9.17) is 10.5 Å². The van der Waals surface area contributed by atoms with Gasteiger partial charge in [-0.2, -0.15) is 0 Å². The smallest absolute Gasteiger partial charge is 0.143 e. The van der Waals surface area contributed by atoms with E-state index >= 15 is 0 Å². The van der Waals surface area contributed by atoms with Crippen molar-refractivity contribution in [1.29, 1.82) is 0 Å². The van der Waals surface area contributed by atoms with Gasteiger partial charge in [0.2, 0.25) is 0 Å². The van der Waals surface area contributed by atoms with E-state index in [0.717, 1.165) is 24.9 Å². The number of hydrogen-bond donors (Lipinski definition) is 3. The number of hydrogen-bond acceptors (Lipinski definition) is 4. The molecule has 0 bridgehead atoms. The summed E-state index contributed by atoms with van der Waals surface area (Å²) in [5, 5.41) is 13.1. The first-order valence-corrected chi connectivity index (χ1v) is 5.53. The van der Waals surface area contributed by atoms with Crippen molar-refractivity contribution in [2.24, 2.45) is 0 Å². The maximum atomic E-state index is 9.95. The van der Waals surface area contributed by atoms with E-state index in [9.17, 15) is 5.11 Å². The Labute approximate surface area is 95.4 Å². The van der Waals surface area contributed by atoms with Crippen molar-refractivity contribution in [1.82, 2.24) is 0 Å². The molecule has 0 heterocycles. The van der Waals surface area contributed by atoms with Crippen molar-refractivity contribution in [3.63, 3.8) is 0 Å². The van der Waals surface area contributed by atoms with E-state index in [1.807, 2.05) is 18.2 Å². The van der Waals surface area contributed by atoms with E-state index in [1.54, 1.807) is 7.11 Å². The van der Waals surface area contributed by atoms with E-state index in [1.165, 1.54) is 0 Å². The monoisotopic (exact) mass is 222 g/mol. The first-order valence-electron chi connectivity index (χ1n) is 5.53. The zero-order valence-electron chi connectivity index (χ0n) is 9.49. The number of benzene rings is 1. The number of rotatable bonds is 4. The molecule has 1 aromatic rings. The first kappa shape index (κ1) is 11.1. The normalized spacial score (nSPS) is 17.6. The predicted molar refractivity (Wildman–Crippen MR) is 64.7 cm³/mol. The largest absolute Gasteiger partial charge is 0.495 e. The Kier molecular flexibility index (Phi) is 2.92. The molecule has 1 aliphatic rings. The maximum Gasteiger partial charge on any atom is 0.143 e. The SMILES string of the molecule is COc1cccc(NCC2(O)CCC2)c1N. The van der Waals surface area contributed by atoms with Gasteiger partial charge in [-0.1, -0.05) is 6.07 Å². The summed E-state index contributed by atoms with van der Waals surface area (Å²) in [6.07, 6.45) is 2.83. The highest BCUT2D eigenvalue weighted by atomic mass is 16.5. The zero-order chi connectivity index (χ0) is 11.6. The molecule has 1 aromatic carbocycles. The molecule has 0 amide bonds. The van der Waals surface area contributed by atoms with Gasteiger partial charge in [-0.15, -0.1) is 0 Å². The molecule has 0 atom stereocenters. The summed E-state index contributed by atoms with van der Waals surface area (Å²) in [6.45, 7) is 0.546. The minimum atomic E-state index is -0.546. The number of para-hydroxylation sites is 1. The lowest BCUT2D eigenvalue weighted by atomic mass is 9.80. The van der Waals surface area contributed by atoms with Gasteiger partial charge in [-0.3, -0.25) is 0 Å². The summed E-state index contributed by atoms with van der Waals surface area (Å²) in [5.41, 5.74) is 6.78. The third-order valence-corrected chi connectivity index (χ3v) is 3.18. The van der Waals surface area contributed by atoms with Gasteiger partial charge in [-0.25, -0.2) is 0 Å². The second-order valence-electron chi connectivity index (χ2n) is 4.35. The second kappa shape index (κ2) is 4.22. The average Bonchev–Trinajstić information content (AvgIpc) is 2.25. The van der Waals surface area contributed by atoms with Crippen LogP contribution < -0.4 is 15.8 Å². The fourth-order valence-corrected chi connectivity index (χ4v) is 1.90. The van der Waals surface area contributed by atoms with Gasteiger partial charge in [0.1, 0.15) is 5.75 Å². The van der Waals surface area contributed by atoms with Crippen molar-refractivity contribution in [2.75, 3.05) is 24.7 Å². The average molecular weight is 222 g/mol. The lowest BCUT2D eigenvalue weighted by Gasteiger charge is -2.37. The Balaban J connectivity index is 2.03. The topological polar surface area (TPSA) is 67.5 Å². The van der Waals surface area contributed by atoms with Crippen LogP contribution in [0.4, 0.5) is 11.4 Å². The lowest BCUT2D eigenvalue weighted by molar-refractivity contribution is -0.0201. The van der Waals surface area contributed by atoms with E-state index in [0.29, 0.717) is 18.0 Å². The minimum absolute atomic E-state index is 0.546. The number of nitrogens with one attached hydrogen (secondary N) is 1. The Morgan fingerprint density at radius 2 is 2.25 bits per heavy atom. The summed E-state index contributed by atoms with van der Waals surface area (Å²) in [5.74, 6) is 0.658. The quantitative estimate of drug-likeness (QED) is 0.677. The van der Waals surface area contributed by atoms with Crippen LogP contribution in [0.5, 0.6) is 5.75 Å². The molecule has 1 aliphatic carbocycles. The summed E-state index contributed by atoms with van der Waals surface area (Å²) >= 11 is 0. The number of aliphatic hydroxyl groups is 1. The molecule has 4 N–H and O–H groups in total. The van der Waals surface area contributed by atoms with Gasteiger partial charge >= 0.3 is 0 Å². The zero-order valence-corrected chi connectivity index (χ0v) is 9.49. The number of anilines is 2. The number of methoxy groups -OCH3 is 1. The molecule has 0 aliphatic heterocycles.